The van der Waals surface area contributed by atoms with Crippen molar-refractivity contribution in [3.8, 4) is 0 Å². The van der Waals surface area contributed by atoms with Crippen LogP contribution in [0.3, 0.4) is 0 Å². The van der Waals surface area contributed by atoms with E-state index in [0.717, 1.165) is 49.6 Å². The van der Waals surface area contributed by atoms with Crippen LogP contribution in [0.15, 0.2) is 78.9 Å². The van der Waals surface area contributed by atoms with Gasteiger partial charge in [0, 0.05) is 23.0 Å². The zero-order valence-electron chi connectivity index (χ0n) is 26.1. The van der Waals surface area contributed by atoms with E-state index in [0.29, 0.717) is 17.2 Å². The van der Waals surface area contributed by atoms with E-state index in [2.05, 4.69) is 10.6 Å². The van der Waals surface area contributed by atoms with Crippen LogP contribution >= 0.6 is 0 Å². The van der Waals surface area contributed by atoms with Crippen LogP contribution in [0.25, 0.3) is 0 Å². The Labute approximate surface area is 274 Å². The molecule has 2 aliphatic rings. The fourth-order valence-corrected chi connectivity index (χ4v) is 6.89. The van der Waals surface area contributed by atoms with Crippen LogP contribution in [0.4, 0.5) is 39.0 Å². The number of carbonyl (C=O) groups excluding carboxylic acids is 2. The van der Waals surface area contributed by atoms with Gasteiger partial charge < -0.3 is 15.7 Å². The summed E-state index contributed by atoms with van der Waals surface area (Å²) < 4.78 is 72.1. The quantitative estimate of drug-likeness (QED) is 0.174. The number of anilines is 3. The molecule has 0 unspecified atom stereocenters. The summed E-state index contributed by atoms with van der Waals surface area (Å²) in [6.45, 7) is 0.714. The molecule has 11 heteroatoms. The largest absolute Gasteiger partial charge is 0.416 e. The topological polar surface area (TPSA) is 81.7 Å². The Morgan fingerprint density at radius 2 is 1.56 bits per heavy atom. The number of hydrogen-bond donors (Lipinski definition) is 3. The molecule has 48 heavy (non-hydrogen) atoms. The Kier molecular flexibility index (Phi) is 9.24. The van der Waals surface area contributed by atoms with Crippen molar-refractivity contribution in [1.82, 2.24) is 0 Å². The molecule has 0 saturated heterocycles. The minimum atomic E-state index is -4.80. The molecule has 250 valence electrons. The number of hydrogen-bond acceptors (Lipinski definition) is 4. The first kappa shape index (κ1) is 33.1. The normalized spacial score (nSPS) is 18.0. The number of nitrogens with one attached hydrogen (secondary N) is 2. The first-order valence-electron chi connectivity index (χ1n) is 15.8. The summed E-state index contributed by atoms with van der Waals surface area (Å²) in [6, 6.07) is 17.7. The summed E-state index contributed by atoms with van der Waals surface area (Å²) in [5, 5.41) is 15.5. The molecular formula is C37H34F5N3O3. The molecule has 4 aromatic rings. The molecule has 0 radical (unpaired) electrons. The van der Waals surface area contributed by atoms with Crippen molar-refractivity contribution in [3.05, 3.63) is 124 Å². The van der Waals surface area contributed by atoms with Crippen molar-refractivity contribution in [2.75, 3.05) is 15.5 Å². The molecular weight excluding hydrogens is 629 g/mol. The Bertz CT molecular complexity index is 1820. The Morgan fingerprint density at radius 1 is 0.896 bits per heavy atom. The third kappa shape index (κ3) is 6.51. The van der Waals surface area contributed by atoms with Gasteiger partial charge in [-0.3, -0.25) is 14.5 Å². The molecule has 6 nitrogen and oxygen atoms in total. The van der Waals surface area contributed by atoms with E-state index in [4.69, 9.17) is 0 Å². The number of nitrogens with zero attached hydrogens (tertiary/aromatic N) is 1. The van der Waals surface area contributed by atoms with Gasteiger partial charge in [0.1, 0.15) is 11.6 Å². The van der Waals surface area contributed by atoms with Gasteiger partial charge in [0.05, 0.1) is 35.4 Å². The number of fused-ring (bicyclic) bond motifs is 1. The zero-order valence-corrected chi connectivity index (χ0v) is 26.1. The van der Waals surface area contributed by atoms with Gasteiger partial charge in [-0.15, -0.1) is 0 Å². The number of amides is 2. The molecule has 0 spiro atoms. The molecule has 2 amide bonds. The number of halogens is 5. The molecule has 0 bridgehead atoms. The summed E-state index contributed by atoms with van der Waals surface area (Å²) in [6.07, 6.45) is -0.664. The maximum absolute atomic E-state index is 15.5. The van der Waals surface area contributed by atoms with Gasteiger partial charge in [-0.2, -0.15) is 13.2 Å². The molecule has 1 aliphatic carbocycles. The highest BCUT2D eigenvalue weighted by Crippen LogP contribution is 2.45. The molecule has 1 aliphatic heterocycles. The zero-order chi connectivity index (χ0) is 34.2. The lowest BCUT2D eigenvalue weighted by Crippen LogP contribution is -2.47. The number of aliphatic hydroxyl groups excluding tert-OH is 1. The van der Waals surface area contributed by atoms with Gasteiger partial charge in [-0.1, -0.05) is 49.2 Å². The lowest BCUT2D eigenvalue weighted by molar-refractivity contribution is -0.138. The number of rotatable bonds is 7. The maximum atomic E-state index is 15.5. The maximum Gasteiger partial charge on any atom is 0.416 e. The summed E-state index contributed by atoms with van der Waals surface area (Å²) in [4.78, 5) is 29.8. The van der Waals surface area contributed by atoms with E-state index >= 15 is 8.78 Å². The van der Waals surface area contributed by atoms with Crippen molar-refractivity contribution in [3.63, 3.8) is 0 Å². The highest BCUT2D eigenvalue weighted by atomic mass is 19.4. The number of benzene rings is 4. The van der Waals surface area contributed by atoms with E-state index in [-0.39, 0.29) is 34.5 Å². The van der Waals surface area contributed by atoms with Crippen molar-refractivity contribution < 1.29 is 36.6 Å². The van der Waals surface area contributed by atoms with E-state index < -0.39 is 53.8 Å². The highest BCUT2D eigenvalue weighted by Gasteiger charge is 2.44. The molecule has 4 aromatic carbocycles. The Morgan fingerprint density at radius 3 is 2.23 bits per heavy atom. The average Bonchev–Trinajstić information content (AvgIpc) is 3.57. The van der Waals surface area contributed by atoms with E-state index in [1.165, 1.54) is 35.2 Å². The molecule has 2 atom stereocenters. The van der Waals surface area contributed by atoms with Crippen LogP contribution in [0.5, 0.6) is 0 Å². The van der Waals surface area contributed by atoms with Gasteiger partial charge in [0.15, 0.2) is 0 Å². The minimum Gasteiger partial charge on any atom is -0.392 e. The van der Waals surface area contributed by atoms with Gasteiger partial charge in [0.2, 0.25) is 5.91 Å². The number of alkyl halides is 3. The van der Waals surface area contributed by atoms with E-state index in [1.807, 2.05) is 12.1 Å². The predicted molar refractivity (Wildman–Crippen MR) is 173 cm³/mol. The molecule has 1 heterocycles. The number of aliphatic hydroxyl groups is 1. The first-order valence-corrected chi connectivity index (χ1v) is 15.8. The van der Waals surface area contributed by atoms with Gasteiger partial charge in [-0.25, -0.2) is 8.78 Å². The molecule has 3 N–H and O–H groups in total. The Hall–Kier alpha value is -4.77. The standard InChI is InChI=1S/C37H34F5N3O3/c1-21-6-4-10-31(39)33(21)36(48)45-32-11-5-9-30(38)27(32)19-28(34(45)22-12-15-25(16-13-22)43-24-7-2-3-8-24)35(47)44-26-17-14-23(20-46)29(18-26)37(40,41)42/h4-6,9-18,24,28,34,43,46H,2-3,7-8,19-20H2,1H3,(H,44,47)/t28-,34-/m0/s1. The van der Waals surface area contributed by atoms with Crippen molar-refractivity contribution in [1.29, 1.82) is 0 Å². The van der Waals surface area contributed by atoms with Crippen molar-refractivity contribution in [2.45, 2.75) is 63.9 Å². The lowest BCUT2D eigenvalue weighted by atomic mass is 9.80. The third-order valence-electron chi connectivity index (χ3n) is 9.26. The highest BCUT2D eigenvalue weighted by molar-refractivity contribution is 6.09. The molecule has 0 aromatic heterocycles. The molecule has 6 rings (SSSR count). The third-order valence-corrected chi connectivity index (χ3v) is 9.26. The van der Waals surface area contributed by atoms with E-state index in [1.54, 1.807) is 25.1 Å². The second kappa shape index (κ2) is 13.4. The summed E-state index contributed by atoms with van der Waals surface area (Å²) >= 11 is 0. The van der Waals surface area contributed by atoms with Gasteiger partial charge in [0.25, 0.3) is 5.91 Å². The summed E-state index contributed by atoms with van der Waals surface area (Å²) in [5.41, 5.74) is -0.0421. The summed E-state index contributed by atoms with van der Waals surface area (Å²) in [5.74, 6) is -4.24. The lowest BCUT2D eigenvalue weighted by Gasteiger charge is -2.42. The van der Waals surface area contributed by atoms with E-state index in [9.17, 15) is 27.9 Å². The van der Waals surface area contributed by atoms with Gasteiger partial charge in [-0.05, 0) is 85.3 Å². The number of aryl methyl sites for hydroxylation is 1. The second-order valence-corrected chi connectivity index (χ2v) is 12.4. The fraction of sp³-hybridized carbons (Fsp3) is 0.297. The first-order chi connectivity index (χ1) is 23.0. The number of carbonyl (C=O) groups is 2. The van der Waals surface area contributed by atoms with Crippen LogP contribution in [0.1, 0.15) is 69.9 Å². The molecule has 1 fully saturated rings. The Balaban J connectivity index is 1.46. The fourth-order valence-electron chi connectivity index (χ4n) is 6.89. The second-order valence-electron chi connectivity index (χ2n) is 12.4. The van der Waals surface area contributed by atoms with Crippen molar-refractivity contribution >= 4 is 28.9 Å². The monoisotopic (exact) mass is 663 g/mol. The van der Waals surface area contributed by atoms with Crippen LogP contribution in [-0.4, -0.2) is 23.0 Å². The minimum absolute atomic E-state index is 0.0439. The predicted octanol–water partition coefficient (Wildman–Crippen LogP) is 8.34. The van der Waals surface area contributed by atoms with Crippen LogP contribution in [0, 0.1) is 24.5 Å². The smallest absolute Gasteiger partial charge is 0.392 e. The molecule has 1 saturated carbocycles. The average molecular weight is 664 g/mol. The summed E-state index contributed by atoms with van der Waals surface area (Å²) in [7, 11) is 0. The van der Waals surface area contributed by atoms with Crippen LogP contribution < -0.4 is 15.5 Å². The van der Waals surface area contributed by atoms with Gasteiger partial charge >= 0.3 is 6.18 Å². The van der Waals surface area contributed by atoms with Crippen LogP contribution in [0.2, 0.25) is 0 Å². The van der Waals surface area contributed by atoms with Crippen LogP contribution in [-0.2, 0) is 24.0 Å². The SMILES string of the molecule is Cc1cccc(F)c1C(=O)N1c2cccc(F)c2C[C@H](C(=O)Nc2ccc(CO)c(C(F)(F)F)c2)[C@@H]1c1ccc(NC2CCCC2)cc1. The van der Waals surface area contributed by atoms with Crippen molar-refractivity contribution in [2.24, 2.45) is 5.92 Å².